The van der Waals surface area contributed by atoms with E-state index in [-0.39, 0.29) is 15.8 Å². The summed E-state index contributed by atoms with van der Waals surface area (Å²) in [6.45, 7) is 0. The van der Waals surface area contributed by atoms with Crippen LogP contribution in [-0.2, 0) is 10.0 Å². The molecule has 0 aliphatic carbocycles. The van der Waals surface area contributed by atoms with Gasteiger partial charge in [0.2, 0.25) is 0 Å². The highest BCUT2D eigenvalue weighted by Gasteiger charge is 2.23. The van der Waals surface area contributed by atoms with Crippen LogP contribution in [0.1, 0.15) is 0 Å². The van der Waals surface area contributed by atoms with Gasteiger partial charge in [-0.05, 0) is 24.3 Å². The smallest absolute Gasteiger partial charge is 0.366 e. The third-order valence-corrected chi connectivity index (χ3v) is 4.62. The monoisotopic (exact) mass is 305 g/mol. The summed E-state index contributed by atoms with van der Waals surface area (Å²) in [4.78, 5) is 11.8. The minimum atomic E-state index is -3.98. The van der Waals surface area contributed by atoms with Crippen LogP contribution in [0.4, 0.5) is 0 Å². The summed E-state index contributed by atoms with van der Waals surface area (Å²) in [6, 6.07) is 12.2. The van der Waals surface area contributed by atoms with E-state index >= 15 is 0 Å². The molecular formula is C14H11NO5S. The molecule has 0 bridgehead atoms. The van der Waals surface area contributed by atoms with Crippen LogP contribution in [0.3, 0.4) is 0 Å². The van der Waals surface area contributed by atoms with Crippen LogP contribution in [0.15, 0.2) is 62.7 Å². The molecule has 0 amide bonds. The SMILES string of the molecule is COc1ccc2c(=O)on(S(=O)(=O)c3ccccc3)c2c1. The van der Waals surface area contributed by atoms with Gasteiger partial charge in [0, 0.05) is 6.07 Å². The van der Waals surface area contributed by atoms with Gasteiger partial charge >= 0.3 is 5.63 Å². The zero-order valence-electron chi connectivity index (χ0n) is 11.0. The largest absolute Gasteiger partial charge is 0.497 e. The summed E-state index contributed by atoms with van der Waals surface area (Å²) in [6.07, 6.45) is 0. The molecule has 0 atom stereocenters. The Morgan fingerprint density at radius 3 is 2.48 bits per heavy atom. The first-order valence-electron chi connectivity index (χ1n) is 6.05. The highest BCUT2D eigenvalue weighted by atomic mass is 32.2. The number of methoxy groups -OCH3 is 1. The molecule has 0 saturated carbocycles. The van der Waals surface area contributed by atoms with E-state index in [0.717, 1.165) is 0 Å². The van der Waals surface area contributed by atoms with Gasteiger partial charge in [-0.1, -0.05) is 22.3 Å². The summed E-state index contributed by atoms with van der Waals surface area (Å²) < 4.78 is 35.7. The number of ether oxygens (including phenoxy) is 1. The molecular weight excluding hydrogens is 294 g/mol. The Kier molecular flexibility index (Phi) is 3.06. The van der Waals surface area contributed by atoms with Crippen LogP contribution < -0.4 is 10.4 Å². The molecule has 0 aliphatic heterocycles. The summed E-state index contributed by atoms with van der Waals surface area (Å²) in [5.41, 5.74) is -0.574. The number of hydrogen-bond acceptors (Lipinski definition) is 5. The average molecular weight is 305 g/mol. The molecule has 0 fully saturated rings. The first-order valence-corrected chi connectivity index (χ1v) is 7.49. The lowest BCUT2D eigenvalue weighted by Crippen LogP contribution is -2.12. The fraction of sp³-hybridized carbons (Fsp3) is 0.0714. The van der Waals surface area contributed by atoms with Crippen molar-refractivity contribution in [3.05, 3.63) is 59.0 Å². The average Bonchev–Trinajstić information content (AvgIpc) is 2.85. The quantitative estimate of drug-likeness (QED) is 0.737. The van der Waals surface area contributed by atoms with Crippen molar-refractivity contribution in [3.8, 4) is 5.75 Å². The zero-order valence-corrected chi connectivity index (χ0v) is 11.8. The van der Waals surface area contributed by atoms with Gasteiger partial charge in [-0.25, -0.2) is 4.79 Å². The van der Waals surface area contributed by atoms with Crippen molar-refractivity contribution in [2.24, 2.45) is 0 Å². The zero-order chi connectivity index (χ0) is 15.0. The van der Waals surface area contributed by atoms with Gasteiger partial charge in [-0.2, -0.15) is 8.42 Å². The molecule has 3 rings (SSSR count). The summed E-state index contributed by atoms with van der Waals surface area (Å²) >= 11 is 0. The first-order chi connectivity index (χ1) is 10.0. The van der Waals surface area contributed by atoms with Crippen molar-refractivity contribution in [2.75, 3.05) is 7.11 Å². The molecule has 6 nitrogen and oxygen atoms in total. The molecule has 0 N–H and O–H groups in total. The maximum absolute atomic E-state index is 12.6. The third-order valence-electron chi connectivity index (χ3n) is 3.05. The van der Waals surface area contributed by atoms with E-state index in [1.54, 1.807) is 24.3 Å². The predicted octanol–water partition coefficient (Wildman–Crippen LogP) is 1.84. The molecule has 0 saturated heterocycles. The number of aromatic nitrogens is 1. The molecule has 21 heavy (non-hydrogen) atoms. The lowest BCUT2D eigenvalue weighted by molar-refractivity contribution is 0.351. The Labute approximate surface area is 120 Å². The van der Waals surface area contributed by atoms with Crippen LogP contribution in [0.2, 0.25) is 0 Å². The number of fused-ring (bicyclic) bond motifs is 1. The van der Waals surface area contributed by atoms with Crippen LogP contribution in [0.5, 0.6) is 5.75 Å². The fourth-order valence-electron chi connectivity index (χ4n) is 2.00. The highest BCUT2D eigenvalue weighted by Crippen LogP contribution is 2.23. The van der Waals surface area contributed by atoms with E-state index in [4.69, 9.17) is 9.26 Å². The van der Waals surface area contributed by atoms with Gasteiger partial charge in [0.1, 0.15) is 11.3 Å². The normalized spacial score (nSPS) is 11.7. The minimum absolute atomic E-state index is 0.0356. The third kappa shape index (κ3) is 2.11. The topological polar surface area (TPSA) is 78.5 Å². The molecule has 1 heterocycles. The number of benzene rings is 2. The van der Waals surface area contributed by atoms with Gasteiger partial charge in [0.05, 0.1) is 17.4 Å². The maximum atomic E-state index is 12.6. The molecule has 0 spiro atoms. The van der Waals surface area contributed by atoms with Crippen LogP contribution >= 0.6 is 0 Å². The summed E-state index contributed by atoms with van der Waals surface area (Å²) in [7, 11) is -2.52. The van der Waals surface area contributed by atoms with Crippen molar-refractivity contribution >= 4 is 20.9 Å². The van der Waals surface area contributed by atoms with Gasteiger partial charge in [0.25, 0.3) is 10.0 Å². The number of rotatable bonds is 3. The molecule has 0 aliphatic rings. The molecule has 108 valence electrons. The van der Waals surface area contributed by atoms with Crippen LogP contribution in [0.25, 0.3) is 10.9 Å². The second-order valence-electron chi connectivity index (χ2n) is 4.31. The second kappa shape index (κ2) is 4.78. The lowest BCUT2D eigenvalue weighted by Gasteiger charge is -2.05. The Morgan fingerprint density at radius 2 is 1.81 bits per heavy atom. The lowest BCUT2D eigenvalue weighted by atomic mass is 10.2. The summed E-state index contributed by atoms with van der Waals surface area (Å²) in [5.74, 6) is 0.431. The Balaban J connectivity index is 2.33. The molecule has 1 aromatic heterocycles. The van der Waals surface area contributed by atoms with E-state index in [0.29, 0.717) is 9.89 Å². The molecule has 3 aromatic rings. The van der Waals surface area contributed by atoms with E-state index < -0.39 is 15.6 Å². The Bertz CT molecular complexity index is 954. The Hall–Kier alpha value is -2.54. The molecule has 0 radical (unpaired) electrons. The van der Waals surface area contributed by atoms with Gasteiger partial charge in [0.15, 0.2) is 0 Å². The molecule has 2 aromatic carbocycles. The molecule has 7 heteroatoms. The highest BCUT2D eigenvalue weighted by molar-refractivity contribution is 7.90. The van der Waals surface area contributed by atoms with E-state index in [1.807, 2.05) is 0 Å². The van der Waals surface area contributed by atoms with Crippen molar-refractivity contribution in [3.63, 3.8) is 0 Å². The van der Waals surface area contributed by atoms with E-state index in [9.17, 15) is 13.2 Å². The van der Waals surface area contributed by atoms with Crippen molar-refractivity contribution in [1.82, 2.24) is 4.15 Å². The fourth-order valence-corrected chi connectivity index (χ4v) is 3.27. The van der Waals surface area contributed by atoms with Gasteiger partial charge < -0.3 is 9.26 Å². The number of hydrogen-bond donors (Lipinski definition) is 0. The first kappa shape index (κ1) is 13.4. The van der Waals surface area contributed by atoms with Crippen molar-refractivity contribution in [2.45, 2.75) is 4.90 Å². The maximum Gasteiger partial charge on any atom is 0.366 e. The summed E-state index contributed by atoms with van der Waals surface area (Å²) in [5, 5.41) is 0.176. The second-order valence-corrected chi connectivity index (χ2v) is 6.06. The standard InChI is InChI=1S/C14H11NO5S/c1-19-10-7-8-12-13(9-10)15(20-14(12)16)21(17,18)11-5-3-2-4-6-11/h2-9H,1H3. The van der Waals surface area contributed by atoms with Crippen molar-refractivity contribution < 1.29 is 17.7 Å². The van der Waals surface area contributed by atoms with Gasteiger partial charge in [-0.3, -0.25) is 0 Å². The molecule has 0 unspecified atom stereocenters. The van der Waals surface area contributed by atoms with Gasteiger partial charge in [-0.15, -0.1) is 0 Å². The number of nitrogens with zero attached hydrogens (tertiary/aromatic N) is 1. The van der Waals surface area contributed by atoms with Crippen LogP contribution in [-0.4, -0.2) is 19.7 Å². The minimum Gasteiger partial charge on any atom is -0.497 e. The Morgan fingerprint density at radius 1 is 1.10 bits per heavy atom. The predicted molar refractivity (Wildman–Crippen MR) is 76.1 cm³/mol. The van der Waals surface area contributed by atoms with E-state index in [1.165, 1.54) is 31.4 Å². The van der Waals surface area contributed by atoms with Crippen LogP contribution in [0, 0.1) is 0 Å². The van der Waals surface area contributed by atoms with E-state index in [2.05, 4.69) is 0 Å². The van der Waals surface area contributed by atoms with Crippen molar-refractivity contribution in [1.29, 1.82) is 0 Å².